The van der Waals surface area contributed by atoms with Gasteiger partial charge in [0.05, 0.1) is 6.10 Å². The molecule has 76 valence electrons. The third-order valence-corrected chi connectivity index (χ3v) is 2.67. The van der Waals surface area contributed by atoms with Crippen LogP contribution >= 0.6 is 59.9 Å². The molecular weight excluding hydrogens is 548 g/mol. The zero-order valence-electron chi connectivity index (χ0n) is 6.95. The molecule has 0 aromatic carbocycles. The molecule has 0 amide bonds. The van der Waals surface area contributed by atoms with Crippen LogP contribution in [-0.2, 0) is 9.72 Å². The summed E-state index contributed by atoms with van der Waals surface area (Å²) in [4.78, 5) is 10.6. The molecule has 0 heterocycles. The van der Waals surface area contributed by atoms with E-state index in [1.165, 1.54) is 0 Å². The summed E-state index contributed by atoms with van der Waals surface area (Å²) in [5.74, 6) is 1.32. The summed E-state index contributed by atoms with van der Waals surface area (Å²) in [5.41, 5.74) is 0. The van der Waals surface area contributed by atoms with E-state index in [1.807, 2.05) is 6.92 Å². The zero-order valence-corrected chi connectivity index (χ0v) is 14.8. The van der Waals surface area contributed by atoms with Gasteiger partial charge < -0.3 is 5.11 Å². The fraction of sp³-hybridized carbons (Fsp3) is 0.857. The molecule has 6 heteroatoms. The van der Waals surface area contributed by atoms with Gasteiger partial charge in [-0.25, -0.2) is 0 Å². The van der Waals surface area contributed by atoms with Crippen LogP contribution in [0, 0.1) is 17.8 Å². The maximum atomic E-state index is 10.9. The summed E-state index contributed by atoms with van der Waals surface area (Å²) in [7, 11) is 0. The van der Waals surface area contributed by atoms with Crippen molar-refractivity contribution >= 4 is 65.7 Å². The van der Waals surface area contributed by atoms with Crippen LogP contribution in [0.5, 0.6) is 0 Å². The number of ketones is 1. The molecular formula is C7H10I3O2V. The molecule has 0 aromatic rings. The Balaban J connectivity index is 0.000000184. The van der Waals surface area contributed by atoms with Crippen LogP contribution in [0.4, 0.5) is 0 Å². The summed E-state index contributed by atoms with van der Waals surface area (Å²) in [6.07, 6.45) is 0.108. The predicted octanol–water partition coefficient (Wildman–Crippen LogP) is 2.86. The van der Waals surface area contributed by atoms with Gasteiger partial charge in [-0.15, -0.1) is 0 Å². The molecule has 1 unspecified atom stereocenters. The molecule has 4 atom stereocenters. The second kappa shape index (κ2) is 5.65. The molecule has 13 heavy (non-hydrogen) atoms. The monoisotopic (exact) mass is 558 g/mol. The van der Waals surface area contributed by atoms with Gasteiger partial charge in [0, 0.05) is 12.3 Å². The molecule has 0 aliphatic heterocycles. The van der Waals surface area contributed by atoms with E-state index in [0.29, 0.717) is 18.3 Å². The Kier molecular flexibility index (Phi) is 5.85. The van der Waals surface area contributed by atoms with Crippen LogP contribution in [0.2, 0.25) is 0 Å². The van der Waals surface area contributed by atoms with Crippen molar-refractivity contribution in [1.82, 2.24) is 0 Å². The summed E-state index contributed by atoms with van der Waals surface area (Å²) in [6.45, 7) is 2.04. The molecule has 0 radical (unpaired) electrons. The molecule has 0 spiro atoms. The van der Waals surface area contributed by atoms with E-state index in [1.54, 1.807) is 0 Å². The Hall–Kier alpha value is 2.40. The quantitative estimate of drug-likeness (QED) is 0.466. The number of rotatable bonds is 0. The minimum absolute atomic E-state index is 0.236. The van der Waals surface area contributed by atoms with E-state index in [2.05, 4.69) is 59.9 Å². The van der Waals surface area contributed by atoms with Crippen LogP contribution in [0.25, 0.3) is 0 Å². The van der Waals surface area contributed by atoms with Crippen molar-refractivity contribution in [3.63, 3.8) is 0 Å². The maximum absolute atomic E-state index is 10.9. The number of Topliss-reactive ketones (excluding diaryl/α,β-unsaturated/α-hetero) is 1. The van der Waals surface area contributed by atoms with Crippen LogP contribution in [0.1, 0.15) is 13.3 Å². The standard InChI is InChI=1S/C7H10O2.3HI.V/c1-3-6-4(8)2-5(9)7(3)6;;;;/h3-4,6-8H,2H2,1H3;3*1H;/q;;;;+3/p-3/t3-,4?,6+,7-;;;;/m0..../s1. The third-order valence-electron chi connectivity index (χ3n) is 2.67. The third kappa shape index (κ3) is 3.72. The molecule has 0 aromatic heterocycles. The van der Waals surface area contributed by atoms with E-state index < -0.39 is 0 Å². The first-order chi connectivity index (χ1) is 5.95. The van der Waals surface area contributed by atoms with E-state index in [4.69, 9.17) is 5.11 Å². The van der Waals surface area contributed by atoms with Gasteiger partial charge in [0.25, 0.3) is 0 Å². The van der Waals surface area contributed by atoms with Gasteiger partial charge in [0.1, 0.15) is 5.78 Å². The number of hydrogen-bond donors (Lipinski definition) is 1. The normalized spacial score (nSPS) is 41.2. The van der Waals surface area contributed by atoms with Crippen LogP contribution in [0.3, 0.4) is 0 Å². The summed E-state index contributed by atoms with van der Waals surface area (Å²) in [6, 6.07) is 0. The van der Waals surface area contributed by atoms with Crippen molar-refractivity contribution in [2.24, 2.45) is 17.8 Å². The van der Waals surface area contributed by atoms with E-state index in [0.717, 1.165) is 0 Å². The van der Waals surface area contributed by atoms with Crippen molar-refractivity contribution in [2.75, 3.05) is 0 Å². The molecule has 2 nitrogen and oxygen atoms in total. The number of aliphatic hydroxyl groups excluding tert-OH is 1. The van der Waals surface area contributed by atoms with Gasteiger partial charge in [-0.2, -0.15) is 0 Å². The molecule has 2 rings (SSSR count). The SMILES string of the molecule is C[C@@H]1[C@H]2C(=O)CC(O)[C@@H]12.[I][V]([I])[I]. The minimum atomic E-state index is -0.308. The number of halogens is 3. The second-order valence-corrected chi connectivity index (χ2v) is 38.8. The number of hydrogen-bond acceptors (Lipinski definition) is 2. The fourth-order valence-electron chi connectivity index (χ4n) is 2.07. The average Bonchev–Trinajstić information content (AvgIpc) is 2.49. The Labute approximate surface area is 116 Å². The van der Waals surface area contributed by atoms with Crippen molar-refractivity contribution in [3.8, 4) is 0 Å². The van der Waals surface area contributed by atoms with E-state index in [9.17, 15) is 4.79 Å². The Morgan fingerprint density at radius 3 is 2.08 bits per heavy atom. The van der Waals surface area contributed by atoms with Gasteiger partial charge in [0.2, 0.25) is 0 Å². The Morgan fingerprint density at radius 2 is 1.92 bits per heavy atom. The molecule has 1 N–H and O–H groups in total. The second-order valence-electron chi connectivity index (χ2n) is 3.39. The van der Waals surface area contributed by atoms with Crippen LogP contribution in [0.15, 0.2) is 0 Å². The molecule has 2 fully saturated rings. The van der Waals surface area contributed by atoms with Gasteiger partial charge in [-0.05, 0) is 11.8 Å². The molecule has 0 bridgehead atoms. The zero-order chi connectivity index (χ0) is 10.2. The Morgan fingerprint density at radius 1 is 1.46 bits per heavy atom. The first-order valence-corrected chi connectivity index (χ1v) is 17.4. The fourth-order valence-corrected chi connectivity index (χ4v) is 2.07. The molecule has 2 aliphatic carbocycles. The van der Waals surface area contributed by atoms with Gasteiger partial charge in [-0.1, -0.05) is 6.92 Å². The van der Waals surface area contributed by atoms with Gasteiger partial charge in [0.15, 0.2) is 0 Å². The van der Waals surface area contributed by atoms with E-state index in [-0.39, 0.29) is 22.7 Å². The molecule has 2 saturated carbocycles. The Bertz CT molecular complexity index is 209. The summed E-state index contributed by atoms with van der Waals surface area (Å²) >= 11 is 7.39. The van der Waals surface area contributed by atoms with Crippen molar-refractivity contribution in [3.05, 3.63) is 0 Å². The van der Waals surface area contributed by atoms with E-state index >= 15 is 0 Å². The van der Waals surface area contributed by atoms with Crippen LogP contribution < -0.4 is 0 Å². The summed E-state index contributed by atoms with van der Waals surface area (Å²) < 4.78 is 0. The van der Waals surface area contributed by atoms with Crippen molar-refractivity contribution < 1.29 is 14.8 Å². The van der Waals surface area contributed by atoms with Crippen molar-refractivity contribution in [1.29, 1.82) is 0 Å². The van der Waals surface area contributed by atoms with Crippen molar-refractivity contribution in [2.45, 2.75) is 19.4 Å². The summed E-state index contributed by atoms with van der Waals surface area (Å²) in [5, 5.41) is 9.16. The first kappa shape index (κ1) is 13.5. The van der Waals surface area contributed by atoms with Gasteiger partial charge in [-0.3, -0.25) is 4.79 Å². The topological polar surface area (TPSA) is 37.3 Å². The molecule has 0 saturated heterocycles. The number of fused-ring (bicyclic) bond motifs is 1. The average molecular weight is 558 g/mol. The van der Waals surface area contributed by atoms with Gasteiger partial charge >= 0.3 is 64.9 Å². The first-order valence-electron chi connectivity index (χ1n) is 3.93. The molecule has 2 aliphatic rings. The van der Waals surface area contributed by atoms with Crippen LogP contribution in [-0.4, -0.2) is 17.0 Å². The number of carbonyl (C=O) groups excluding carboxylic acids is 1. The predicted molar refractivity (Wildman–Crippen MR) is 73.8 cm³/mol. The number of aliphatic hydroxyl groups is 1. The number of carbonyl (C=O) groups is 1.